The van der Waals surface area contributed by atoms with Gasteiger partial charge in [-0.2, -0.15) is 0 Å². The SMILES string of the molecule is CC(=O)NC1=CC=C([N+](=O)[O-])CN1O. The van der Waals surface area contributed by atoms with Crippen LogP contribution in [-0.4, -0.2) is 27.6 Å². The monoisotopic (exact) mass is 199 g/mol. The molecule has 0 aromatic carbocycles. The maximum atomic E-state index is 10.6. The molecule has 0 spiro atoms. The van der Waals surface area contributed by atoms with Crippen LogP contribution in [-0.2, 0) is 4.79 Å². The molecule has 0 aromatic rings. The van der Waals surface area contributed by atoms with Gasteiger partial charge in [-0.05, 0) is 6.08 Å². The summed E-state index contributed by atoms with van der Waals surface area (Å²) in [5.74, 6) is -0.226. The summed E-state index contributed by atoms with van der Waals surface area (Å²) in [4.78, 5) is 20.3. The zero-order valence-electron chi connectivity index (χ0n) is 7.43. The predicted octanol–water partition coefficient (Wildman–Crippen LogP) is -0.171. The number of nitro groups is 1. The average Bonchev–Trinajstić information content (AvgIpc) is 2.07. The molecule has 7 nitrogen and oxygen atoms in total. The van der Waals surface area contributed by atoms with Gasteiger partial charge in [0, 0.05) is 13.0 Å². The molecule has 0 atom stereocenters. The summed E-state index contributed by atoms with van der Waals surface area (Å²) in [6, 6.07) is 0. The summed E-state index contributed by atoms with van der Waals surface area (Å²) in [6.07, 6.45) is 2.50. The van der Waals surface area contributed by atoms with Gasteiger partial charge in [0.15, 0.2) is 0 Å². The minimum absolute atomic E-state index is 0.128. The molecule has 1 heterocycles. The number of nitrogens with one attached hydrogen (secondary N) is 1. The van der Waals surface area contributed by atoms with Crippen LogP contribution in [0.5, 0.6) is 0 Å². The molecule has 0 saturated heterocycles. The second-order valence-corrected chi connectivity index (χ2v) is 2.71. The highest BCUT2D eigenvalue weighted by Gasteiger charge is 2.21. The maximum Gasteiger partial charge on any atom is 0.268 e. The van der Waals surface area contributed by atoms with E-state index in [-0.39, 0.29) is 24.0 Å². The van der Waals surface area contributed by atoms with Crippen LogP contribution in [0.3, 0.4) is 0 Å². The highest BCUT2D eigenvalue weighted by molar-refractivity contribution is 5.74. The van der Waals surface area contributed by atoms with Gasteiger partial charge in [0.2, 0.25) is 5.91 Å². The highest BCUT2D eigenvalue weighted by Crippen LogP contribution is 2.10. The first-order chi connectivity index (χ1) is 6.50. The number of nitrogens with zero attached hydrogens (tertiary/aromatic N) is 2. The Labute approximate surface area is 79.4 Å². The Bertz CT molecular complexity index is 334. The molecule has 0 aliphatic carbocycles. The van der Waals surface area contributed by atoms with Crippen molar-refractivity contribution in [1.29, 1.82) is 0 Å². The molecule has 1 rings (SSSR count). The van der Waals surface area contributed by atoms with Crippen LogP contribution in [0.4, 0.5) is 0 Å². The van der Waals surface area contributed by atoms with Crippen molar-refractivity contribution >= 4 is 5.91 Å². The molecular weight excluding hydrogens is 190 g/mol. The second kappa shape index (κ2) is 3.88. The van der Waals surface area contributed by atoms with E-state index in [9.17, 15) is 20.1 Å². The van der Waals surface area contributed by atoms with Crippen molar-refractivity contribution in [1.82, 2.24) is 10.4 Å². The fourth-order valence-corrected chi connectivity index (χ4v) is 0.958. The molecule has 0 fully saturated rings. The van der Waals surface area contributed by atoms with Crippen LogP contribution in [0.15, 0.2) is 23.7 Å². The largest absolute Gasteiger partial charge is 0.311 e. The molecule has 1 aliphatic rings. The first-order valence-corrected chi connectivity index (χ1v) is 3.80. The van der Waals surface area contributed by atoms with Gasteiger partial charge in [0.25, 0.3) is 5.70 Å². The topological polar surface area (TPSA) is 95.7 Å². The number of hydrogen-bond donors (Lipinski definition) is 2. The molecule has 1 amide bonds. The second-order valence-electron chi connectivity index (χ2n) is 2.71. The van der Waals surface area contributed by atoms with Crippen LogP contribution in [0.25, 0.3) is 0 Å². The van der Waals surface area contributed by atoms with E-state index in [0.717, 1.165) is 0 Å². The van der Waals surface area contributed by atoms with E-state index >= 15 is 0 Å². The van der Waals surface area contributed by atoms with Gasteiger partial charge in [0.05, 0.1) is 4.92 Å². The summed E-state index contributed by atoms with van der Waals surface area (Å²) in [5, 5.41) is 22.5. The molecule has 0 aromatic heterocycles. The van der Waals surface area contributed by atoms with Gasteiger partial charge >= 0.3 is 0 Å². The number of hydroxylamine groups is 2. The number of amides is 1. The Kier molecular flexibility index (Phi) is 2.82. The van der Waals surface area contributed by atoms with E-state index in [1.54, 1.807) is 0 Å². The normalized spacial score (nSPS) is 15.7. The van der Waals surface area contributed by atoms with Gasteiger partial charge in [0.1, 0.15) is 12.4 Å². The molecule has 1 aliphatic heterocycles. The maximum absolute atomic E-state index is 10.6. The van der Waals surface area contributed by atoms with Crippen molar-refractivity contribution in [2.24, 2.45) is 0 Å². The third-order valence-corrected chi connectivity index (χ3v) is 1.56. The first-order valence-electron chi connectivity index (χ1n) is 3.80. The lowest BCUT2D eigenvalue weighted by atomic mass is 10.3. The Balaban J connectivity index is 2.79. The predicted molar refractivity (Wildman–Crippen MR) is 45.5 cm³/mol. The Hall–Kier alpha value is -1.89. The van der Waals surface area contributed by atoms with E-state index in [0.29, 0.717) is 5.06 Å². The molecule has 2 N–H and O–H groups in total. The Morgan fingerprint density at radius 3 is 2.79 bits per heavy atom. The number of rotatable bonds is 2. The van der Waals surface area contributed by atoms with Crippen LogP contribution in [0.1, 0.15) is 6.92 Å². The molecule has 14 heavy (non-hydrogen) atoms. The zero-order chi connectivity index (χ0) is 10.7. The van der Waals surface area contributed by atoms with Gasteiger partial charge in [-0.15, -0.1) is 0 Å². The van der Waals surface area contributed by atoms with E-state index in [1.807, 2.05) is 0 Å². The number of carbonyl (C=O) groups excluding carboxylic acids is 1. The van der Waals surface area contributed by atoms with Gasteiger partial charge < -0.3 is 5.32 Å². The summed E-state index contributed by atoms with van der Waals surface area (Å²) < 4.78 is 0. The van der Waals surface area contributed by atoms with Crippen molar-refractivity contribution in [3.05, 3.63) is 33.8 Å². The van der Waals surface area contributed by atoms with E-state index in [2.05, 4.69) is 5.32 Å². The summed E-state index contributed by atoms with van der Waals surface area (Å²) in [5.41, 5.74) is -0.137. The number of carbonyl (C=O) groups is 1. The first kappa shape index (κ1) is 10.2. The van der Waals surface area contributed by atoms with Crippen molar-refractivity contribution in [2.45, 2.75) is 6.92 Å². The Morgan fingerprint density at radius 1 is 1.71 bits per heavy atom. The van der Waals surface area contributed by atoms with E-state index < -0.39 is 4.92 Å². The fraction of sp³-hybridized carbons (Fsp3) is 0.286. The third kappa shape index (κ3) is 2.30. The number of allylic oxidation sites excluding steroid dienone is 2. The van der Waals surface area contributed by atoms with Crippen molar-refractivity contribution in [2.75, 3.05) is 6.54 Å². The zero-order valence-corrected chi connectivity index (χ0v) is 7.43. The molecular formula is C7H9N3O4. The van der Waals surface area contributed by atoms with Crippen LogP contribution >= 0.6 is 0 Å². The standard InChI is InChI=1S/C7H9N3O4/c1-5(11)8-7-3-2-6(10(13)14)4-9(7)12/h2-3,12H,4H2,1H3,(H,8,11). The third-order valence-electron chi connectivity index (χ3n) is 1.56. The average molecular weight is 199 g/mol. The minimum Gasteiger partial charge on any atom is -0.311 e. The quantitative estimate of drug-likeness (QED) is 0.475. The molecule has 0 unspecified atom stereocenters. The summed E-state index contributed by atoms with van der Waals surface area (Å²) >= 11 is 0. The van der Waals surface area contributed by atoms with Crippen molar-refractivity contribution < 1.29 is 14.9 Å². The molecule has 0 radical (unpaired) electrons. The van der Waals surface area contributed by atoms with Gasteiger partial charge in [-0.25, -0.2) is 5.06 Å². The van der Waals surface area contributed by atoms with Crippen molar-refractivity contribution in [3.63, 3.8) is 0 Å². The van der Waals surface area contributed by atoms with Gasteiger partial charge in [-0.1, -0.05) is 0 Å². The fourth-order valence-electron chi connectivity index (χ4n) is 0.958. The molecule has 7 heteroatoms. The lowest BCUT2D eigenvalue weighted by Crippen LogP contribution is -2.35. The minimum atomic E-state index is -0.593. The summed E-state index contributed by atoms with van der Waals surface area (Å²) in [6.45, 7) is 1.03. The van der Waals surface area contributed by atoms with Crippen LogP contribution < -0.4 is 5.32 Å². The van der Waals surface area contributed by atoms with Crippen molar-refractivity contribution in [3.8, 4) is 0 Å². The number of hydrogen-bond acceptors (Lipinski definition) is 5. The van der Waals surface area contributed by atoms with Crippen LogP contribution in [0, 0.1) is 10.1 Å². The van der Waals surface area contributed by atoms with Gasteiger partial charge in [-0.3, -0.25) is 20.1 Å². The smallest absolute Gasteiger partial charge is 0.268 e. The molecule has 0 saturated carbocycles. The Morgan fingerprint density at radius 2 is 2.36 bits per heavy atom. The van der Waals surface area contributed by atoms with Crippen LogP contribution in [0.2, 0.25) is 0 Å². The lowest BCUT2D eigenvalue weighted by Gasteiger charge is -2.21. The van der Waals surface area contributed by atoms with E-state index in [1.165, 1.54) is 19.1 Å². The molecule has 0 bridgehead atoms. The highest BCUT2D eigenvalue weighted by atomic mass is 16.6. The lowest BCUT2D eigenvalue weighted by molar-refractivity contribution is -0.431. The van der Waals surface area contributed by atoms with E-state index in [4.69, 9.17) is 0 Å². The summed E-state index contributed by atoms with van der Waals surface area (Å²) in [7, 11) is 0. The molecule has 76 valence electrons.